The Kier molecular flexibility index (Phi) is 5.30. The van der Waals surface area contributed by atoms with Crippen molar-refractivity contribution in [1.29, 1.82) is 0 Å². The first kappa shape index (κ1) is 13.0. The number of nitrogens with two attached hydrogens (primary N) is 1. The fourth-order valence-corrected chi connectivity index (χ4v) is 2.26. The molecule has 0 aromatic rings. The van der Waals surface area contributed by atoms with Crippen molar-refractivity contribution in [1.82, 2.24) is 10.2 Å². The highest BCUT2D eigenvalue weighted by Gasteiger charge is 2.26. The van der Waals surface area contributed by atoms with Crippen LogP contribution in [0.1, 0.15) is 26.2 Å². The molecule has 0 radical (unpaired) electrons. The van der Waals surface area contributed by atoms with Crippen molar-refractivity contribution in [3.8, 4) is 12.3 Å². The Morgan fingerprint density at radius 3 is 2.69 bits per heavy atom. The molecule has 1 amide bonds. The molecule has 1 heterocycles. The quantitative estimate of drug-likeness (QED) is 0.642. The number of carbonyl (C=O) groups is 1. The van der Waals surface area contributed by atoms with Gasteiger partial charge in [0.1, 0.15) is 0 Å². The van der Waals surface area contributed by atoms with Gasteiger partial charge < -0.3 is 11.1 Å². The molecule has 1 aliphatic rings. The van der Waals surface area contributed by atoms with Crippen LogP contribution in [0, 0.1) is 12.3 Å². The number of terminal acetylenes is 1. The Morgan fingerprint density at radius 2 is 2.25 bits per heavy atom. The van der Waals surface area contributed by atoms with E-state index in [4.69, 9.17) is 12.2 Å². The van der Waals surface area contributed by atoms with Crippen LogP contribution >= 0.6 is 0 Å². The third kappa shape index (κ3) is 3.51. The molecule has 1 aliphatic heterocycles. The lowest BCUT2D eigenvalue weighted by Crippen LogP contribution is -2.50. The molecule has 0 aromatic heterocycles. The Hall–Kier alpha value is -1.05. The van der Waals surface area contributed by atoms with Gasteiger partial charge in [-0.25, -0.2) is 0 Å². The molecule has 90 valence electrons. The zero-order valence-electron chi connectivity index (χ0n) is 9.91. The summed E-state index contributed by atoms with van der Waals surface area (Å²) < 4.78 is 0. The minimum absolute atomic E-state index is 0.0237. The van der Waals surface area contributed by atoms with Crippen molar-refractivity contribution in [3.63, 3.8) is 0 Å². The van der Waals surface area contributed by atoms with E-state index in [0.29, 0.717) is 6.04 Å². The predicted octanol–water partition coefficient (Wildman–Crippen LogP) is -0.0625. The summed E-state index contributed by atoms with van der Waals surface area (Å²) in [5.74, 6) is 2.45. The second-order valence-electron chi connectivity index (χ2n) is 4.21. The number of hydrogen-bond donors (Lipinski definition) is 2. The van der Waals surface area contributed by atoms with E-state index in [2.05, 4.69) is 16.1 Å². The van der Waals surface area contributed by atoms with Crippen molar-refractivity contribution in [3.05, 3.63) is 0 Å². The molecule has 1 atom stereocenters. The van der Waals surface area contributed by atoms with Crippen LogP contribution in [0.2, 0.25) is 0 Å². The van der Waals surface area contributed by atoms with Gasteiger partial charge in [0.2, 0.25) is 5.91 Å². The molecular formula is C12H21N3O. The number of carbonyl (C=O) groups excluding carboxylic acids is 1. The minimum Gasteiger partial charge on any atom is -0.369 e. The fraction of sp³-hybridized carbons (Fsp3) is 0.750. The average molecular weight is 223 g/mol. The van der Waals surface area contributed by atoms with Crippen LogP contribution in [0.4, 0.5) is 0 Å². The monoisotopic (exact) mass is 223 g/mol. The predicted molar refractivity (Wildman–Crippen MR) is 64.7 cm³/mol. The molecular weight excluding hydrogens is 202 g/mol. The number of rotatable bonds is 5. The van der Waals surface area contributed by atoms with E-state index in [1.54, 1.807) is 0 Å². The molecule has 4 nitrogen and oxygen atoms in total. The molecule has 0 bridgehead atoms. The molecule has 16 heavy (non-hydrogen) atoms. The summed E-state index contributed by atoms with van der Waals surface area (Å²) in [6, 6.07) is 0.408. The Morgan fingerprint density at radius 1 is 1.62 bits per heavy atom. The highest BCUT2D eigenvalue weighted by Crippen LogP contribution is 2.16. The zero-order valence-corrected chi connectivity index (χ0v) is 9.91. The van der Waals surface area contributed by atoms with Crippen LogP contribution in [0.3, 0.4) is 0 Å². The van der Waals surface area contributed by atoms with Gasteiger partial charge in [-0.15, -0.1) is 6.42 Å². The number of hydrogen-bond acceptors (Lipinski definition) is 3. The summed E-state index contributed by atoms with van der Waals surface area (Å²) in [6.07, 6.45) is 8.43. The summed E-state index contributed by atoms with van der Waals surface area (Å²) in [7, 11) is 0. The smallest absolute Gasteiger partial charge is 0.231 e. The lowest BCUT2D eigenvalue weighted by atomic mass is 10.0. The van der Waals surface area contributed by atoms with E-state index in [1.807, 2.05) is 6.92 Å². The van der Waals surface area contributed by atoms with E-state index >= 15 is 0 Å². The second-order valence-corrected chi connectivity index (χ2v) is 4.21. The van der Waals surface area contributed by atoms with Crippen molar-refractivity contribution in [2.75, 3.05) is 19.6 Å². The Balaban J connectivity index is 2.68. The summed E-state index contributed by atoms with van der Waals surface area (Å²) in [6.45, 7) is 4.29. The molecule has 1 fully saturated rings. The van der Waals surface area contributed by atoms with Crippen molar-refractivity contribution in [2.24, 2.45) is 5.73 Å². The molecule has 1 rings (SSSR count). The van der Waals surface area contributed by atoms with E-state index in [1.165, 1.54) is 0 Å². The minimum atomic E-state index is -0.299. The second kappa shape index (κ2) is 6.51. The van der Waals surface area contributed by atoms with Crippen LogP contribution in [0.15, 0.2) is 0 Å². The van der Waals surface area contributed by atoms with Crippen molar-refractivity contribution in [2.45, 2.75) is 38.3 Å². The third-order valence-electron chi connectivity index (χ3n) is 3.10. The number of primary amides is 1. The number of nitrogens with zero attached hydrogens (tertiary/aromatic N) is 1. The van der Waals surface area contributed by atoms with Crippen LogP contribution in [-0.4, -0.2) is 42.5 Å². The van der Waals surface area contributed by atoms with Gasteiger partial charge in [-0.1, -0.05) is 12.8 Å². The molecule has 1 saturated heterocycles. The van der Waals surface area contributed by atoms with Gasteiger partial charge in [-0.05, 0) is 32.4 Å². The molecule has 3 N–H and O–H groups in total. The van der Waals surface area contributed by atoms with E-state index in [0.717, 1.165) is 32.4 Å². The normalized spacial score (nSPS) is 19.3. The Labute approximate surface area is 97.6 Å². The first-order valence-electron chi connectivity index (χ1n) is 5.90. The lowest BCUT2D eigenvalue weighted by molar-refractivity contribution is -0.120. The van der Waals surface area contributed by atoms with Crippen molar-refractivity contribution >= 4 is 5.91 Å². The lowest BCUT2D eigenvalue weighted by Gasteiger charge is -2.37. The number of nitrogens with one attached hydrogen (secondary N) is 1. The first-order valence-corrected chi connectivity index (χ1v) is 5.90. The van der Waals surface area contributed by atoms with Gasteiger partial charge in [-0.2, -0.15) is 0 Å². The van der Waals surface area contributed by atoms with Crippen LogP contribution in [-0.2, 0) is 4.79 Å². The number of amides is 1. The van der Waals surface area contributed by atoms with Crippen molar-refractivity contribution < 1.29 is 4.79 Å². The average Bonchev–Trinajstić information content (AvgIpc) is 2.30. The van der Waals surface area contributed by atoms with Gasteiger partial charge in [0.25, 0.3) is 0 Å². The highest BCUT2D eigenvalue weighted by atomic mass is 16.1. The van der Waals surface area contributed by atoms with Crippen LogP contribution in [0.25, 0.3) is 0 Å². The molecule has 0 aromatic carbocycles. The maximum absolute atomic E-state index is 11.1. The largest absolute Gasteiger partial charge is 0.369 e. The maximum Gasteiger partial charge on any atom is 0.231 e. The van der Waals surface area contributed by atoms with E-state index in [-0.39, 0.29) is 18.5 Å². The molecule has 0 aliphatic carbocycles. The van der Waals surface area contributed by atoms with Gasteiger partial charge >= 0.3 is 0 Å². The molecule has 0 saturated carbocycles. The molecule has 1 unspecified atom stereocenters. The standard InChI is InChI=1S/C12H21N3O/c1-3-10(4-2)15(9-12(13)16)11-5-7-14-8-6-11/h1,10-11,14H,4-9H2,2H3,(H2,13,16). The first-order chi connectivity index (χ1) is 7.69. The summed E-state index contributed by atoms with van der Waals surface area (Å²) in [5.41, 5.74) is 5.28. The SMILES string of the molecule is C#CC(CC)N(CC(N)=O)C1CCNCC1. The van der Waals surface area contributed by atoms with E-state index in [9.17, 15) is 4.79 Å². The summed E-state index contributed by atoms with van der Waals surface area (Å²) >= 11 is 0. The van der Waals surface area contributed by atoms with Crippen LogP contribution < -0.4 is 11.1 Å². The highest BCUT2D eigenvalue weighted by molar-refractivity contribution is 5.76. The fourth-order valence-electron chi connectivity index (χ4n) is 2.26. The molecule has 4 heteroatoms. The molecule has 0 spiro atoms. The Bertz CT molecular complexity index is 266. The van der Waals surface area contributed by atoms with Gasteiger partial charge in [-0.3, -0.25) is 9.69 Å². The summed E-state index contributed by atoms with van der Waals surface area (Å²) in [4.78, 5) is 13.2. The summed E-state index contributed by atoms with van der Waals surface area (Å²) in [5, 5.41) is 3.30. The van der Waals surface area contributed by atoms with Gasteiger partial charge in [0.05, 0.1) is 12.6 Å². The van der Waals surface area contributed by atoms with Gasteiger partial charge in [0, 0.05) is 6.04 Å². The number of piperidine rings is 1. The van der Waals surface area contributed by atoms with Crippen LogP contribution in [0.5, 0.6) is 0 Å². The third-order valence-corrected chi connectivity index (χ3v) is 3.10. The van der Waals surface area contributed by atoms with E-state index < -0.39 is 0 Å². The maximum atomic E-state index is 11.1. The topological polar surface area (TPSA) is 58.4 Å². The zero-order chi connectivity index (χ0) is 12.0. The van der Waals surface area contributed by atoms with Gasteiger partial charge in [0.15, 0.2) is 0 Å².